The molecule has 2 bridgehead atoms. The molecule has 0 radical (unpaired) electrons. The summed E-state index contributed by atoms with van der Waals surface area (Å²) in [5.74, 6) is 0.984. The van der Waals surface area contributed by atoms with Crippen LogP contribution in [0.15, 0.2) is 11.6 Å². The zero-order valence-corrected chi connectivity index (χ0v) is 20.5. The molecule has 6 heteroatoms. The first-order valence-electron chi connectivity index (χ1n) is 12.5. The largest absolute Gasteiger partial charge is 0.462 e. The lowest BCUT2D eigenvalue weighted by Crippen LogP contribution is -2.57. The molecule has 180 valence electrons. The molecule has 0 spiro atoms. The third-order valence-corrected chi connectivity index (χ3v) is 8.45. The first-order chi connectivity index (χ1) is 15.2. The average Bonchev–Trinajstić information content (AvgIpc) is 3.07. The Hall–Kier alpha value is -1.40. The topological polar surface area (TPSA) is 71.1 Å². The summed E-state index contributed by atoms with van der Waals surface area (Å²) in [6, 6.07) is 0. The minimum Gasteiger partial charge on any atom is -0.462 e. The van der Waals surface area contributed by atoms with Gasteiger partial charge in [-0.2, -0.15) is 0 Å². The zero-order valence-electron chi connectivity index (χ0n) is 20.5. The molecule has 0 aromatic carbocycles. The standard InChI is InChI=1S/C26H40O6/c1-7-8-21(28)32-24-15(3)12-18-16(4)13-29-26(6)20(30-17(5)27)10-9-14(2)11-19-23(24)22(18)25(26)31-19/h9,15-16,18-20,22-25H,7-8,10-13H2,1-6H3/b14-9-/t15-,16+,18+,19-,20-,22+,23+,24-,25-,26+/m1/s1. The lowest BCUT2D eigenvalue weighted by molar-refractivity contribution is -0.200. The maximum atomic E-state index is 12.6. The Bertz CT molecular complexity index is 761. The third-order valence-electron chi connectivity index (χ3n) is 8.45. The number of ether oxygens (including phenoxy) is 4. The van der Waals surface area contributed by atoms with E-state index in [9.17, 15) is 9.59 Å². The molecule has 1 aliphatic carbocycles. The van der Waals surface area contributed by atoms with Gasteiger partial charge in [0.25, 0.3) is 0 Å². The van der Waals surface area contributed by atoms with Gasteiger partial charge in [-0.3, -0.25) is 9.59 Å². The highest BCUT2D eigenvalue weighted by molar-refractivity contribution is 5.69. The van der Waals surface area contributed by atoms with Crippen LogP contribution in [0.5, 0.6) is 0 Å². The van der Waals surface area contributed by atoms with Gasteiger partial charge in [-0.15, -0.1) is 0 Å². The Balaban J connectivity index is 1.78. The van der Waals surface area contributed by atoms with E-state index in [1.54, 1.807) is 0 Å². The molecule has 3 fully saturated rings. The van der Waals surface area contributed by atoms with Crippen LogP contribution in [-0.2, 0) is 28.5 Å². The summed E-state index contributed by atoms with van der Waals surface area (Å²) in [4.78, 5) is 24.6. The van der Waals surface area contributed by atoms with Crippen molar-refractivity contribution >= 4 is 11.9 Å². The molecule has 6 nitrogen and oxygen atoms in total. The van der Waals surface area contributed by atoms with Crippen LogP contribution >= 0.6 is 0 Å². The van der Waals surface area contributed by atoms with Crippen molar-refractivity contribution in [3.63, 3.8) is 0 Å². The number of hydrogen-bond acceptors (Lipinski definition) is 6. The minimum atomic E-state index is -0.744. The molecule has 0 unspecified atom stereocenters. The fraction of sp³-hybridized carbons (Fsp3) is 0.846. The van der Waals surface area contributed by atoms with Gasteiger partial charge in [0, 0.05) is 31.6 Å². The van der Waals surface area contributed by atoms with E-state index in [1.165, 1.54) is 12.5 Å². The highest BCUT2D eigenvalue weighted by atomic mass is 16.6. The number of carbonyl (C=O) groups excluding carboxylic acids is 2. The summed E-state index contributed by atoms with van der Waals surface area (Å²) < 4.78 is 25.5. The summed E-state index contributed by atoms with van der Waals surface area (Å²) in [6.45, 7) is 12.7. The van der Waals surface area contributed by atoms with Crippen LogP contribution in [0.4, 0.5) is 0 Å². The van der Waals surface area contributed by atoms with Crippen molar-refractivity contribution < 1.29 is 28.5 Å². The number of carbonyl (C=O) groups is 2. The minimum absolute atomic E-state index is 0.0322. The van der Waals surface area contributed by atoms with E-state index in [1.807, 2.05) is 6.92 Å². The van der Waals surface area contributed by atoms with Crippen LogP contribution in [0, 0.1) is 29.6 Å². The molecule has 3 aliphatic heterocycles. The van der Waals surface area contributed by atoms with E-state index in [-0.39, 0.29) is 48.0 Å². The Kier molecular flexibility index (Phi) is 6.75. The smallest absolute Gasteiger partial charge is 0.306 e. The van der Waals surface area contributed by atoms with Crippen molar-refractivity contribution in [2.24, 2.45) is 29.6 Å². The Morgan fingerprint density at radius 3 is 2.62 bits per heavy atom. The second-order valence-corrected chi connectivity index (χ2v) is 10.9. The van der Waals surface area contributed by atoms with Crippen LogP contribution in [0.2, 0.25) is 0 Å². The van der Waals surface area contributed by atoms with E-state index in [4.69, 9.17) is 18.9 Å². The monoisotopic (exact) mass is 448 g/mol. The number of esters is 2. The van der Waals surface area contributed by atoms with Gasteiger partial charge in [0.2, 0.25) is 0 Å². The molecule has 0 amide bonds. The SMILES string of the molecule is CCCC(=O)O[C@H]1[C@@H]2[C@@H]3[C@@H](C[C@H]1C)[C@@H](C)CO[C@]1(C)[C@@H]3O[C@@H]2C/C(C)=C\C[C@H]1OC(C)=O. The van der Waals surface area contributed by atoms with Crippen molar-refractivity contribution in [3.8, 4) is 0 Å². The molecular formula is C26H40O6. The predicted molar refractivity (Wildman–Crippen MR) is 120 cm³/mol. The highest BCUT2D eigenvalue weighted by Gasteiger charge is 2.65. The van der Waals surface area contributed by atoms with Gasteiger partial charge in [0.05, 0.1) is 18.8 Å². The average molecular weight is 449 g/mol. The molecule has 0 N–H and O–H groups in total. The second-order valence-electron chi connectivity index (χ2n) is 10.9. The lowest BCUT2D eigenvalue weighted by atomic mass is 9.59. The van der Waals surface area contributed by atoms with E-state index >= 15 is 0 Å². The van der Waals surface area contributed by atoms with Crippen LogP contribution in [-0.4, -0.2) is 48.6 Å². The molecule has 10 atom stereocenters. The Morgan fingerprint density at radius 2 is 1.94 bits per heavy atom. The van der Waals surface area contributed by atoms with Gasteiger partial charge in [0.15, 0.2) is 0 Å². The molecule has 1 saturated carbocycles. The molecule has 2 saturated heterocycles. The molecular weight excluding hydrogens is 408 g/mol. The van der Waals surface area contributed by atoms with Crippen LogP contribution in [0.1, 0.15) is 73.6 Å². The van der Waals surface area contributed by atoms with Crippen LogP contribution < -0.4 is 0 Å². The molecule has 0 aromatic rings. The van der Waals surface area contributed by atoms with Crippen molar-refractivity contribution in [2.45, 2.75) is 104 Å². The molecule has 32 heavy (non-hydrogen) atoms. The summed E-state index contributed by atoms with van der Waals surface area (Å²) in [7, 11) is 0. The van der Waals surface area contributed by atoms with Crippen LogP contribution in [0.3, 0.4) is 0 Å². The highest BCUT2D eigenvalue weighted by Crippen LogP contribution is 2.57. The third kappa shape index (κ3) is 4.13. The van der Waals surface area contributed by atoms with Gasteiger partial charge in [-0.25, -0.2) is 0 Å². The van der Waals surface area contributed by atoms with Crippen molar-refractivity contribution in [1.29, 1.82) is 0 Å². The van der Waals surface area contributed by atoms with Gasteiger partial charge in [0.1, 0.15) is 17.8 Å². The number of hydrogen-bond donors (Lipinski definition) is 0. The summed E-state index contributed by atoms with van der Waals surface area (Å²) in [6.07, 6.45) is 5.02. The lowest BCUT2D eigenvalue weighted by Gasteiger charge is -2.47. The summed E-state index contributed by atoms with van der Waals surface area (Å²) >= 11 is 0. The fourth-order valence-electron chi connectivity index (χ4n) is 6.88. The normalized spacial score (nSPS) is 47.2. The van der Waals surface area contributed by atoms with Crippen LogP contribution in [0.25, 0.3) is 0 Å². The van der Waals surface area contributed by atoms with Gasteiger partial charge in [-0.1, -0.05) is 32.4 Å². The Morgan fingerprint density at radius 1 is 1.19 bits per heavy atom. The van der Waals surface area contributed by atoms with Gasteiger partial charge >= 0.3 is 11.9 Å². The first kappa shape index (κ1) is 23.7. The van der Waals surface area contributed by atoms with E-state index in [2.05, 4.69) is 33.8 Å². The maximum Gasteiger partial charge on any atom is 0.306 e. The number of fused-ring (bicyclic) bond motifs is 2. The zero-order chi connectivity index (χ0) is 23.2. The van der Waals surface area contributed by atoms with E-state index in [0.29, 0.717) is 31.3 Å². The van der Waals surface area contributed by atoms with E-state index < -0.39 is 11.7 Å². The van der Waals surface area contributed by atoms with Crippen molar-refractivity contribution in [1.82, 2.24) is 0 Å². The van der Waals surface area contributed by atoms with Crippen molar-refractivity contribution in [2.75, 3.05) is 6.61 Å². The second kappa shape index (κ2) is 9.09. The Labute approximate surface area is 192 Å². The molecule has 4 rings (SSSR count). The molecule has 3 heterocycles. The molecule has 4 aliphatic rings. The quantitative estimate of drug-likeness (QED) is 0.467. The van der Waals surface area contributed by atoms with Crippen molar-refractivity contribution in [3.05, 3.63) is 11.6 Å². The number of rotatable bonds is 4. The summed E-state index contributed by atoms with van der Waals surface area (Å²) in [5.41, 5.74) is 0.475. The van der Waals surface area contributed by atoms with E-state index in [0.717, 1.165) is 19.3 Å². The maximum absolute atomic E-state index is 12.6. The van der Waals surface area contributed by atoms with Gasteiger partial charge < -0.3 is 18.9 Å². The predicted octanol–water partition coefficient (Wildman–Crippen LogP) is 4.45. The first-order valence-corrected chi connectivity index (χ1v) is 12.5. The van der Waals surface area contributed by atoms with Gasteiger partial charge in [-0.05, 0) is 50.9 Å². The molecule has 0 aromatic heterocycles. The summed E-state index contributed by atoms with van der Waals surface area (Å²) in [5, 5.41) is 0. The fourth-order valence-corrected chi connectivity index (χ4v) is 6.88.